The van der Waals surface area contributed by atoms with Gasteiger partial charge in [-0.2, -0.15) is 0 Å². The number of aliphatic hydroxyl groups is 1. The zero-order chi connectivity index (χ0) is 54.9. The van der Waals surface area contributed by atoms with E-state index >= 15 is 0 Å². The third-order valence-electron chi connectivity index (χ3n) is 14.4. The number of hydrogen-bond donors (Lipinski definition) is 2. The highest BCUT2D eigenvalue weighted by molar-refractivity contribution is 7.45. The fourth-order valence-corrected chi connectivity index (χ4v) is 10.1. The summed E-state index contributed by atoms with van der Waals surface area (Å²) < 4.78 is 23.4. The van der Waals surface area contributed by atoms with Crippen molar-refractivity contribution in [2.24, 2.45) is 0 Å². The van der Waals surface area contributed by atoms with E-state index in [4.69, 9.17) is 9.05 Å². The lowest BCUT2D eigenvalue weighted by Gasteiger charge is -2.29. The second kappa shape index (κ2) is 56.9. The van der Waals surface area contributed by atoms with Gasteiger partial charge in [0, 0.05) is 6.42 Å². The van der Waals surface area contributed by atoms with Crippen molar-refractivity contribution in [3.63, 3.8) is 0 Å². The normalized spacial score (nSPS) is 14.2. The fourth-order valence-electron chi connectivity index (χ4n) is 9.39. The van der Waals surface area contributed by atoms with Crippen LogP contribution in [0.4, 0.5) is 0 Å². The molecule has 440 valence electrons. The van der Waals surface area contributed by atoms with Crippen LogP contribution >= 0.6 is 7.82 Å². The number of nitrogens with one attached hydrogen (secondary N) is 1. The van der Waals surface area contributed by atoms with E-state index in [2.05, 4.69) is 67.8 Å². The third-order valence-corrected chi connectivity index (χ3v) is 15.4. The Balaban J connectivity index is 4.19. The predicted molar refractivity (Wildman–Crippen MR) is 325 cm³/mol. The summed E-state index contributed by atoms with van der Waals surface area (Å²) in [5.74, 6) is -0.210. The van der Waals surface area contributed by atoms with Crippen LogP contribution in [0, 0.1) is 0 Å². The average molecular weight is 1070 g/mol. The van der Waals surface area contributed by atoms with Crippen LogP contribution < -0.4 is 10.2 Å². The van der Waals surface area contributed by atoms with Crippen LogP contribution in [0.5, 0.6) is 0 Å². The number of phosphoric ester groups is 1. The molecule has 0 radical (unpaired) electrons. The number of aliphatic hydroxyl groups excluding tert-OH is 1. The van der Waals surface area contributed by atoms with Crippen LogP contribution in [-0.2, 0) is 18.4 Å². The summed E-state index contributed by atoms with van der Waals surface area (Å²) in [6.07, 6.45) is 77.5. The number of likely N-dealkylation sites (N-methyl/N-ethyl adjacent to an activating group) is 1. The molecular formula is C66H125N2O6P. The molecule has 3 atom stereocenters. The number of amides is 1. The second-order valence-corrected chi connectivity index (χ2v) is 24.5. The maximum absolute atomic E-state index is 13.0. The van der Waals surface area contributed by atoms with Gasteiger partial charge in [-0.3, -0.25) is 9.36 Å². The van der Waals surface area contributed by atoms with E-state index in [-0.39, 0.29) is 12.5 Å². The quantitative estimate of drug-likeness (QED) is 0.0272. The first-order valence-electron chi connectivity index (χ1n) is 32.2. The number of nitrogens with zero attached hydrogens (tertiary/aromatic N) is 1. The number of unbranched alkanes of at least 4 members (excludes halogenated alkanes) is 38. The van der Waals surface area contributed by atoms with Crippen molar-refractivity contribution in [3.8, 4) is 0 Å². The number of phosphoric acid groups is 1. The van der Waals surface area contributed by atoms with Gasteiger partial charge in [-0.15, -0.1) is 0 Å². The van der Waals surface area contributed by atoms with Crippen molar-refractivity contribution in [2.75, 3.05) is 40.9 Å². The van der Waals surface area contributed by atoms with Gasteiger partial charge in [0.1, 0.15) is 13.2 Å². The van der Waals surface area contributed by atoms with E-state index in [1.807, 2.05) is 27.2 Å². The maximum atomic E-state index is 13.0. The highest BCUT2D eigenvalue weighted by Gasteiger charge is 2.23. The second-order valence-electron chi connectivity index (χ2n) is 23.1. The molecule has 0 saturated heterocycles. The van der Waals surface area contributed by atoms with Crippen molar-refractivity contribution in [2.45, 2.75) is 315 Å². The Morgan fingerprint density at radius 1 is 0.467 bits per heavy atom. The number of hydrogen-bond acceptors (Lipinski definition) is 6. The highest BCUT2D eigenvalue weighted by Crippen LogP contribution is 2.38. The van der Waals surface area contributed by atoms with Crippen LogP contribution in [0.25, 0.3) is 0 Å². The molecule has 0 spiro atoms. The summed E-state index contributed by atoms with van der Waals surface area (Å²) in [5, 5.41) is 13.9. The molecule has 9 heteroatoms. The first kappa shape index (κ1) is 73.2. The lowest BCUT2D eigenvalue weighted by atomic mass is 10.0. The molecule has 2 N–H and O–H groups in total. The molecule has 0 fully saturated rings. The summed E-state index contributed by atoms with van der Waals surface area (Å²) in [6.45, 7) is 4.65. The van der Waals surface area contributed by atoms with Crippen LogP contribution in [-0.4, -0.2) is 68.5 Å². The van der Waals surface area contributed by atoms with Crippen molar-refractivity contribution in [1.82, 2.24) is 5.32 Å². The minimum atomic E-state index is -4.61. The molecule has 0 aliphatic heterocycles. The molecule has 0 saturated carbocycles. The summed E-state index contributed by atoms with van der Waals surface area (Å²) >= 11 is 0. The first-order valence-corrected chi connectivity index (χ1v) is 33.6. The molecule has 0 bridgehead atoms. The lowest BCUT2D eigenvalue weighted by molar-refractivity contribution is -0.870. The van der Waals surface area contributed by atoms with Gasteiger partial charge in [-0.25, -0.2) is 0 Å². The predicted octanol–water partition coefficient (Wildman–Crippen LogP) is 19.4. The molecule has 0 aromatic rings. The number of carbonyl (C=O) groups is 1. The van der Waals surface area contributed by atoms with E-state index < -0.39 is 26.6 Å². The number of allylic oxidation sites excluding steroid dienone is 9. The zero-order valence-corrected chi connectivity index (χ0v) is 51.1. The van der Waals surface area contributed by atoms with Crippen molar-refractivity contribution < 1.29 is 32.9 Å². The van der Waals surface area contributed by atoms with Gasteiger partial charge in [-0.1, -0.05) is 280 Å². The Morgan fingerprint density at radius 3 is 1.16 bits per heavy atom. The van der Waals surface area contributed by atoms with Gasteiger partial charge in [0.15, 0.2) is 0 Å². The van der Waals surface area contributed by atoms with E-state index in [0.29, 0.717) is 17.4 Å². The molecule has 0 aliphatic rings. The number of rotatable bonds is 59. The molecular weight excluding hydrogens is 948 g/mol. The Bertz CT molecular complexity index is 1400. The van der Waals surface area contributed by atoms with Gasteiger partial charge >= 0.3 is 0 Å². The fraction of sp³-hybridized carbons (Fsp3) is 0.833. The maximum Gasteiger partial charge on any atom is 0.268 e. The van der Waals surface area contributed by atoms with Gasteiger partial charge < -0.3 is 28.8 Å². The lowest BCUT2D eigenvalue weighted by Crippen LogP contribution is -2.45. The van der Waals surface area contributed by atoms with Crippen molar-refractivity contribution in [3.05, 3.63) is 60.8 Å². The van der Waals surface area contributed by atoms with Gasteiger partial charge in [0.2, 0.25) is 5.91 Å². The number of carbonyl (C=O) groups excluding carboxylic acids is 1. The summed E-state index contributed by atoms with van der Waals surface area (Å²) in [5.41, 5.74) is 0. The van der Waals surface area contributed by atoms with Crippen LogP contribution in [0.3, 0.4) is 0 Å². The Kier molecular flexibility index (Phi) is 55.5. The average Bonchev–Trinajstić information content (AvgIpc) is 3.37. The molecule has 0 aliphatic carbocycles. The third kappa shape index (κ3) is 59.7. The highest BCUT2D eigenvalue weighted by atomic mass is 31.2. The summed E-state index contributed by atoms with van der Waals surface area (Å²) in [7, 11) is 1.24. The summed E-state index contributed by atoms with van der Waals surface area (Å²) in [4.78, 5) is 25.6. The molecule has 1 amide bonds. The molecule has 8 nitrogen and oxygen atoms in total. The van der Waals surface area contributed by atoms with Gasteiger partial charge in [0.25, 0.3) is 7.82 Å². The monoisotopic (exact) mass is 1070 g/mol. The first-order chi connectivity index (χ1) is 36.5. The summed E-state index contributed by atoms with van der Waals surface area (Å²) in [6, 6.07) is -0.913. The Labute approximate surface area is 466 Å². The minimum Gasteiger partial charge on any atom is -0.756 e. The molecule has 0 heterocycles. The largest absolute Gasteiger partial charge is 0.756 e. The topological polar surface area (TPSA) is 108 Å². The molecule has 3 unspecified atom stereocenters. The van der Waals surface area contributed by atoms with Gasteiger partial charge in [0.05, 0.1) is 39.9 Å². The van der Waals surface area contributed by atoms with Crippen molar-refractivity contribution in [1.29, 1.82) is 0 Å². The van der Waals surface area contributed by atoms with E-state index in [1.54, 1.807) is 6.08 Å². The smallest absolute Gasteiger partial charge is 0.268 e. The molecule has 0 rings (SSSR count). The van der Waals surface area contributed by atoms with Gasteiger partial charge in [-0.05, 0) is 77.0 Å². The van der Waals surface area contributed by atoms with E-state index in [0.717, 1.165) is 51.4 Å². The van der Waals surface area contributed by atoms with E-state index in [9.17, 15) is 19.4 Å². The SMILES string of the molecule is CCCCCCCCCCC/C=C\C/C=C\CCCCCCCCCCCCCCCC(=O)NC(COP(=O)([O-])OCC[N+](C)(C)C)C(O)/C=C/CC/C=C/CC/C=C/CCCCCCCCCCCCCCCC. The zero-order valence-electron chi connectivity index (χ0n) is 50.3. The van der Waals surface area contributed by atoms with Crippen LogP contribution in [0.15, 0.2) is 60.8 Å². The molecule has 0 aromatic carbocycles. The standard InChI is InChI=1S/C66H125N2O6P/c1-6-8-10-12-14-16-18-20-22-24-26-28-30-32-33-34-35-36-38-40-42-44-46-48-50-52-54-56-58-60-66(70)67-64(63-74-75(71,72)73-62-61-68(3,4)5)65(69)59-57-55-53-51-49-47-45-43-41-39-37-31-29-27-25-23-21-19-17-15-13-11-9-7-2/h26,28,32-33,41,43,49,51,57,59,64-65,69H,6-25,27,29-31,34-40,42,44-48,50,52-56,58,60-63H2,1-5H3,(H-,67,70,71,72)/b28-26-,33-32-,43-41+,51-49+,59-57+. The minimum absolute atomic E-state index is 0.0102. The van der Waals surface area contributed by atoms with Crippen LogP contribution in [0.2, 0.25) is 0 Å². The Morgan fingerprint density at radius 2 is 0.787 bits per heavy atom. The van der Waals surface area contributed by atoms with Crippen molar-refractivity contribution >= 4 is 13.7 Å². The Hall–Kier alpha value is -1.80. The number of quaternary nitrogens is 1. The van der Waals surface area contributed by atoms with E-state index in [1.165, 1.54) is 231 Å². The molecule has 0 aromatic heterocycles. The van der Waals surface area contributed by atoms with Crippen LogP contribution in [0.1, 0.15) is 303 Å². The molecule has 75 heavy (non-hydrogen) atoms.